The van der Waals surface area contributed by atoms with Crippen LogP contribution in [0, 0.1) is 5.82 Å². The van der Waals surface area contributed by atoms with Crippen molar-refractivity contribution in [3.8, 4) is 5.75 Å². The van der Waals surface area contributed by atoms with E-state index in [2.05, 4.69) is 22.7 Å². The number of hydrogen-bond acceptors (Lipinski definition) is 4. The van der Waals surface area contributed by atoms with Crippen molar-refractivity contribution in [3.63, 3.8) is 0 Å². The van der Waals surface area contributed by atoms with Gasteiger partial charge in [-0.15, -0.1) is 0 Å². The Hall–Kier alpha value is -3.09. The summed E-state index contributed by atoms with van der Waals surface area (Å²) in [6.45, 7) is 3.52. The Morgan fingerprint density at radius 2 is 1.97 bits per heavy atom. The summed E-state index contributed by atoms with van der Waals surface area (Å²) in [5.74, 6) is 0.254. The van der Waals surface area contributed by atoms with Crippen LogP contribution < -0.4 is 15.5 Å². The second-order valence-corrected chi connectivity index (χ2v) is 7.62. The normalized spacial score (nSPS) is 10.9. The average Bonchev–Trinajstić information content (AvgIpc) is 3.17. The molecule has 0 spiro atoms. The van der Waals surface area contributed by atoms with E-state index in [1.165, 1.54) is 25.5 Å². The number of fused-ring (bicyclic) bond motifs is 1. The maximum Gasteiger partial charge on any atom is 0.412 e. The van der Waals surface area contributed by atoms with Crippen LogP contribution >= 0.6 is 0 Å². The third kappa shape index (κ3) is 6.98. The number of ether oxygens (including phenoxy) is 1. The zero-order valence-electron chi connectivity index (χ0n) is 18.1. The molecule has 0 saturated carbocycles. The Bertz CT molecular complexity index is 973. The summed E-state index contributed by atoms with van der Waals surface area (Å²) in [5, 5.41) is 3.77. The summed E-state index contributed by atoms with van der Waals surface area (Å²) in [7, 11) is 0. The summed E-state index contributed by atoms with van der Waals surface area (Å²) < 4.78 is 21.0. The SMILES string of the molecule is CCCCCCCNC(=O)Oc1ccc2c(ccn2NCCCc2ccncc2F)c1. The molecule has 2 aromatic heterocycles. The lowest BCUT2D eigenvalue weighted by molar-refractivity contribution is 0.200. The highest BCUT2D eigenvalue weighted by Gasteiger charge is 2.07. The molecule has 0 aliphatic carbocycles. The first-order chi connectivity index (χ1) is 15.2. The third-order valence-electron chi connectivity index (χ3n) is 5.18. The maximum absolute atomic E-state index is 13.6. The van der Waals surface area contributed by atoms with Crippen molar-refractivity contribution < 1.29 is 13.9 Å². The topological polar surface area (TPSA) is 68.2 Å². The molecule has 0 saturated heterocycles. The minimum Gasteiger partial charge on any atom is -0.410 e. The molecule has 31 heavy (non-hydrogen) atoms. The van der Waals surface area contributed by atoms with Gasteiger partial charge in [0.15, 0.2) is 0 Å². The van der Waals surface area contributed by atoms with Gasteiger partial charge in [-0.05, 0) is 55.2 Å². The lowest BCUT2D eigenvalue weighted by Crippen LogP contribution is -2.27. The first-order valence-electron chi connectivity index (χ1n) is 11.1. The standard InChI is InChI=1S/C24H31FN4O2/c1-2-3-4-5-6-13-27-24(30)31-21-9-10-23-20(17-21)12-16-29(23)28-14-7-8-19-11-15-26-18-22(19)25/h9-12,15-18,28H,2-8,13-14H2,1H3,(H,27,30). The zero-order chi connectivity index (χ0) is 21.9. The highest BCUT2D eigenvalue weighted by atomic mass is 19.1. The van der Waals surface area contributed by atoms with Gasteiger partial charge in [-0.2, -0.15) is 0 Å². The van der Waals surface area contributed by atoms with E-state index < -0.39 is 6.09 Å². The number of carbonyl (C=O) groups excluding carboxylic acids is 1. The van der Waals surface area contributed by atoms with Crippen LogP contribution in [0.3, 0.4) is 0 Å². The number of benzene rings is 1. The predicted octanol–water partition coefficient (Wildman–Crippen LogP) is 5.41. The molecule has 0 radical (unpaired) electrons. The molecule has 1 amide bonds. The van der Waals surface area contributed by atoms with E-state index in [-0.39, 0.29) is 5.82 Å². The Kier molecular flexibility index (Phi) is 8.70. The molecule has 0 aliphatic rings. The molecular weight excluding hydrogens is 395 g/mol. The minimum atomic E-state index is -0.421. The van der Waals surface area contributed by atoms with E-state index in [4.69, 9.17) is 4.74 Å². The van der Waals surface area contributed by atoms with Crippen LogP contribution in [-0.2, 0) is 6.42 Å². The lowest BCUT2D eigenvalue weighted by atomic mass is 10.1. The van der Waals surface area contributed by atoms with E-state index in [0.29, 0.717) is 30.8 Å². The molecule has 3 rings (SSSR count). The van der Waals surface area contributed by atoms with Crippen molar-refractivity contribution in [3.05, 3.63) is 60.3 Å². The molecule has 0 atom stereocenters. The molecule has 1 aromatic carbocycles. The van der Waals surface area contributed by atoms with Crippen LogP contribution in [0.25, 0.3) is 10.9 Å². The quantitative estimate of drug-likeness (QED) is 0.380. The number of carbonyl (C=O) groups is 1. The average molecular weight is 427 g/mol. The van der Waals surface area contributed by atoms with Crippen molar-refractivity contribution in [2.24, 2.45) is 0 Å². The number of aryl methyl sites for hydroxylation is 1. The smallest absolute Gasteiger partial charge is 0.410 e. The number of nitrogens with zero attached hydrogens (tertiary/aromatic N) is 2. The van der Waals surface area contributed by atoms with Gasteiger partial charge in [0.1, 0.15) is 11.6 Å². The summed E-state index contributed by atoms with van der Waals surface area (Å²) in [6, 6.07) is 9.22. The molecule has 0 fully saturated rings. The Labute approximate surface area is 182 Å². The Morgan fingerprint density at radius 3 is 2.81 bits per heavy atom. The first-order valence-corrected chi connectivity index (χ1v) is 11.1. The number of hydrogen-bond donors (Lipinski definition) is 2. The number of unbranched alkanes of at least 4 members (excludes halogenated alkanes) is 4. The molecule has 2 heterocycles. The number of pyridine rings is 1. The summed E-state index contributed by atoms with van der Waals surface area (Å²) >= 11 is 0. The van der Waals surface area contributed by atoms with Gasteiger partial charge in [-0.1, -0.05) is 32.6 Å². The van der Waals surface area contributed by atoms with Crippen LogP contribution in [0.4, 0.5) is 9.18 Å². The van der Waals surface area contributed by atoms with Crippen molar-refractivity contribution in [2.45, 2.75) is 51.9 Å². The number of amides is 1. The Balaban J connectivity index is 1.44. The van der Waals surface area contributed by atoms with Crippen molar-refractivity contribution >= 4 is 17.0 Å². The molecule has 0 bridgehead atoms. The largest absolute Gasteiger partial charge is 0.412 e. The molecule has 0 unspecified atom stereocenters. The monoisotopic (exact) mass is 426 g/mol. The first kappa shape index (κ1) is 22.6. The predicted molar refractivity (Wildman–Crippen MR) is 121 cm³/mol. The second-order valence-electron chi connectivity index (χ2n) is 7.62. The van der Waals surface area contributed by atoms with Crippen LogP contribution in [-0.4, -0.2) is 28.8 Å². The fraction of sp³-hybridized carbons (Fsp3) is 0.417. The van der Waals surface area contributed by atoms with Crippen molar-refractivity contribution in [1.29, 1.82) is 0 Å². The number of halogens is 1. The number of rotatable bonds is 12. The van der Waals surface area contributed by atoms with Gasteiger partial charge in [0.2, 0.25) is 0 Å². The second kappa shape index (κ2) is 11.9. The van der Waals surface area contributed by atoms with Crippen molar-refractivity contribution in [1.82, 2.24) is 15.0 Å². The minimum absolute atomic E-state index is 0.262. The molecule has 2 N–H and O–H groups in total. The van der Waals surface area contributed by atoms with Crippen LogP contribution in [0.1, 0.15) is 51.0 Å². The van der Waals surface area contributed by atoms with Gasteiger partial charge < -0.3 is 15.5 Å². The van der Waals surface area contributed by atoms with Gasteiger partial charge in [0.25, 0.3) is 0 Å². The molecule has 6 nitrogen and oxygen atoms in total. The van der Waals surface area contributed by atoms with E-state index >= 15 is 0 Å². The summed E-state index contributed by atoms with van der Waals surface area (Å²) in [6.07, 6.45) is 11.5. The number of nitrogens with one attached hydrogen (secondary N) is 2. The van der Waals surface area contributed by atoms with Crippen LogP contribution in [0.5, 0.6) is 5.75 Å². The maximum atomic E-state index is 13.6. The van der Waals surface area contributed by atoms with Gasteiger partial charge in [-0.3, -0.25) is 9.66 Å². The third-order valence-corrected chi connectivity index (χ3v) is 5.18. The van der Waals surface area contributed by atoms with E-state index in [1.54, 1.807) is 18.3 Å². The molecule has 3 aromatic rings. The Morgan fingerprint density at radius 1 is 1.10 bits per heavy atom. The fourth-order valence-corrected chi connectivity index (χ4v) is 3.47. The van der Waals surface area contributed by atoms with Gasteiger partial charge in [0, 0.05) is 30.9 Å². The van der Waals surface area contributed by atoms with Gasteiger partial charge >= 0.3 is 6.09 Å². The number of aromatic nitrogens is 2. The summed E-state index contributed by atoms with van der Waals surface area (Å²) in [5.41, 5.74) is 4.99. The molecular formula is C24H31FN4O2. The zero-order valence-corrected chi connectivity index (χ0v) is 18.1. The molecule has 7 heteroatoms. The highest BCUT2D eigenvalue weighted by Crippen LogP contribution is 2.21. The highest BCUT2D eigenvalue weighted by molar-refractivity contribution is 5.83. The lowest BCUT2D eigenvalue weighted by Gasteiger charge is -2.10. The fourth-order valence-electron chi connectivity index (χ4n) is 3.47. The van der Waals surface area contributed by atoms with Gasteiger partial charge in [-0.25, -0.2) is 9.18 Å². The molecule has 166 valence electrons. The van der Waals surface area contributed by atoms with E-state index in [0.717, 1.165) is 30.2 Å². The van der Waals surface area contributed by atoms with E-state index in [1.807, 2.05) is 29.1 Å². The van der Waals surface area contributed by atoms with Gasteiger partial charge in [0.05, 0.1) is 11.7 Å². The van der Waals surface area contributed by atoms with Crippen molar-refractivity contribution in [2.75, 3.05) is 18.5 Å². The summed E-state index contributed by atoms with van der Waals surface area (Å²) in [4.78, 5) is 15.7. The molecule has 0 aliphatic heterocycles. The van der Waals surface area contributed by atoms with Crippen LogP contribution in [0.2, 0.25) is 0 Å². The van der Waals surface area contributed by atoms with Crippen LogP contribution in [0.15, 0.2) is 48.9 Å². The van der Waals surface area contributed by atoms with E-state index in [9.17, 15) is 9.18 Å².